The lowest BCUT2D eigenvalue weighted by Crippen LogP contribution is -2.16. The molecule has 0 radical (unpaired) electrons. The molecule has 0 atom stereocenters. The zero-order chi connectivity index (χ0) is 25.9. The molecule has 0 aliphatic carbocycles. The topological polar surface area (TPSA) is 68.0 Å². The fourth-order valence-corrected chi connectivity index (χ4v) is 3.39. The standard InChI is InChI=1S/C25H17F6N3O2/c26-24(27,28)18-12-19(25(29,30)31)14-20(13-18)32-21(35)10-11-22-33-23(34-36-22)17-8-6-16(7-9-17)15-4-2-1-3-5-15/h1-9,12-14H,10-11H2,(H,32,35). The second-order valence-electron chi connectivity index (χ2n) is 7.80. The first-order valence-electron chi connectivity index (χ1n) is 10.6. The molecule has 0 unspecified atom stereocenters. The second kappa shape index (κ2) is 9.84. The van der Waals surface area contributed by atoms with Crippen LogP contribution in [0.15, 0.2) is 77.3 Å². The zero-order valence-electron chi connectivity index (χ0n) is 18.3. The number of aromatic nitrogens is 2. The van der Waals surface area contributed by atoms with E-state index in [0.717, 1.165) is 11.1 Å². The number of aryl methyl sites for hydroxylation is 1. The molecular weight excluding hydrogens is 488 g/mol. The first kappa shape index (κ1) is 25.0. The van der Waals surface area contributed by atoms with Crippen LogP contribution in [0.1, 0.15) is 23.4 Å². The number of anilines is 1. The number of nitrogens with one attached hydrogen (secondary N) is 1. The number of rotatable bonds is 6. The van der Waals surface area contributed by atoms with Gasteiger partial charge < -0.3 is 9.84 Å². The first-order valence-corrected chi connectivity index (χ1v) is 10.6. The van der Waals surface area contributed by atoms with E-state index < -0.39 is 35.1 Å². The average Bonchev–Trinajstić information content (AvgIpc) is 3.31. The Balaban J connectivity index is 1.40. The third-order valence-electron chi connectivity index (χ3n) is 5.16. The number of benzene rings is 3. The van der Waals surface area contributed by atoms with Gasteiger partial charge in [0.1, 0.15) is 0 Å². The smallest absolute Gasteiger partial charge is 0.339 e. The van der Waals surface area contributed by atoms with Crippen LogP contribution in [0.3, 0.4) is 0 Å². The van der Waals surface area contributed by atoms with Crippen LogP contribution >= 0.6 is 0 Å². The van der Waals surface area contributed by atoms with Crippen LogP contribution in [0.5, 0.6) is 0 Å². The van der Waals surface area contributed by atoms with Crippen molar-refractivity contribution < 1.29 is 35.7 Å². The van der Waals surface area contributed by atoms with Crippen molar-refractivity contribution in [3.8, 4) is 22.5 Å². The lowest BCUT2D eigenvalue weighted by Gasteiger charge is -2.14. The first-order chi connectivity index (χ1) is 17.0. The van der Waals surface area contributed by atoms with E-state index in [4.69, 9.17) is 4.52 Å². The summed E-state index contributed by atoms with van der Waals surface area (Å²) < 4.78 is 83.0. The molecule has 0 saturated carbocycles. The molecule has 1 amide bonds. The van der Waals surface area contributed by atoms with E-state index >= 15 is 0 Å². The molecule has 11 heteroatoms. The Labute approximate surface area is 200 Å². The molecule has 36 heavy (non-hydrogen) atoms. The van der Waals surface area contributed by atoms with Gasteiger partial charge in [-0.2, -0.15) is 31.3 Å². The molecule has 0 saturated heterocycles. The number of halogens is 6. The molecule has 1 N–H and O–H groups in total. The van der Waals surface area contributed by atoms with E-state index in [1.165, 1.54) is 0 Å². The number of carbonyl (C=O) groups excluding carboxylic acids is 1. The van der Waals surface area contributed by atoms with Crippen molar-refractivity contribution in [2.24, 2.45) is 0 Å². The molecule has 4 aromatic rings. The number of hydrogen-bond acceptors (Lipinski definition) is 4. The largest absolute Gasteiger partial charge is 0.416 e. The molecule has 1 heterocycles. The molecule has 4 rings (SSSR count). The van der Waals surface area contributed by atoms with Gasteiger partial charge in [-0.05, 0) is 29.3 Å². The third kappa shape index (κ3) is 6.09. The van der Waals surface area contributed by atoms with Gasteiger partial charge in [0.2, 0.25) is 17.6 Å². The second-order valence-corrected chi connectivity index (χ2v) is 7.80. The van der Waals surface area contributed by atoms with Crippen LogP contribution in [-0.2, 0) is 23.6 Å². The van der Waals surface area contributed by atoms with Crippen molar-refractivity contribution in [1.82, 2.24) is 10.1 Å². The summed E-state index contributed by atoms with van der Waals surface area (Å²) in [6, 6.07) is 17.9. The van der Waals surface area contributed by atoms with Crippen molar-refractivity contribution in [2.45, 2.75) is 25.2 Å². The van der Waals surface area contributed by atoms with Gasteiger partial charge in [0.05, 0.1) is 11.1 Å². The highest BCUT2D eigenvalue weighted by Crippen LogP contribution is 2.37. The summed E-state index contributed by atoms with van der Waals surface area (Å²) >= 11 is 0. The van der Waals surface area contributed by atoms with Gasteiger partial charge in [0, 0.05) is 24.1 Å². The van der Waals surface area contributed by atoms with E-state index in [9.17, 15) is 31.1 Å². The number of amides is 1. The van der Waals surface area contributed by atoms with Crippen LogP contribution in [0.4, 0.5) is 32.0 Å². The molecule has 0 aliphatic rings. The fraction of sp³-hybridized carbons (Fsp3) is 0.160. The van der Waals surface area contributed by atoms with Crippen LogP contribution in [0, 0.1) is 0 Å². The molecule has 0 bridgehead atoms. The van der Waals surface area contributed by atoms with Crippen molar-refractivity contribution >= 4 is 11.6 Å². The molecule has 186 valence electrons. The highest BCUT2D eigenvalue weighted by Gasteiger charge is 2.37. The van der Waals surface area contributed by atoms with E-state index in [0.29, 0.717) is 17.7 Å². The third-order valence-corrected chi connectivity index (χ3v) is 5.16. The summed E-state index contributed by atoms with van der Waals surface area (Å²) in [4.78, 5) is 16.4. The average molecular weight is 505 g/mol. The predicted octanol–water partition coefficient (Wildman–Crippen LogP) is 7.01. The molecule has 0 fully saturated rings. The van der Waals surface area contributed by atoms with Gasteiger partial charge in [0.15, 0.2) is 0 Å². The monoisotopic (exact) mass is 505 g/mol. The molecular formula is C25H17F6N3O2. The Morgan fingerprint density at radius 3 is 1.92 bits per heavy atom. The lowest BCUT2D eigenvalue weighted by molar-refractivity contribution is -0.143. The van der Waals surface area contributed by atoms with Gasteiger partial charge in [-0.3, -0.25) is 4.79 Å². The number of alkyl halides is 6. The molecule has 5 nitrogen and oxygen atoms in total. The van der Waals surface area contributed by atoms with Gasteiger partial charge >= 0.3 is 12.4 Å². The zero-order valence-corrected chi connectivity index (χ0v) is 18.3. The van der Waals surface area contributed by atoms with E-state index in [1.807, 2.05) is 42.5 Å². The van der Waals surface area contributed by atoms with E-state index in [2.05, 4.69) is 15.5 Å². The minimum atomic E-state index is -5.01. The summed E-state index contributed by atoms with van der Waals surface area (Å²) in [5, 5.41) is 5.93. The summed E-state index contributed by atoms with van der Waals surface area (Å²) in [7, 11) is 0. The fourth-order valence-electron chi connectivity index (χ4n) is 3.39. The Kier molecular flexibility index (Phi) is 6.82. The maximum Gasteiger partial charge on any atom is 0.416 e. The van der Waals surface area contributed by atoms with Gasteiger partial charge in [-0.1, -0.05) is 59.8 Å². The Morgan fingerprint density at radius 1 is 0.778 bits per heavy atom. The minimum Gasteiger partial charge on any atom is -0.339 e. The predicted molar refractivity (Wildman–Crippen MR) is 119 cm³/mol. The van der Waals surface area contributed by atoms with Crippen molar-refractivity contribution in [3.05, 3.63) is 89.8 Å². The normalized spacial score (nSPS) is 11.9. The summed E-state index contributed by atoms with van der Waals surface area (Å²) in [6.45, 7) is 0. The van der Waals surface area contributed by atoms with Crippen molar-refractivity contribution in [3.63, 3.8) is 0 Å². The highest BCUT2D eigenvalue weighted by molar-refractivity contribution is 5.91. The molecule has 1 aromatic heterocycles. The SMILES string of the molecule is O=C(CCc1nc(-c2ccc(-c3ccccc3)cc2)no1)Nc1cc(C(F)(F)F)cc(C(F)(F)F)c1. The van der Waals surface area contributed by atoms with Crippen LogP contribution in [0.25, 0.3) is 22.5 Å². The van der Waals surface area contributed by atoms with E-state index in [1.54, 1.807) is 12.1 Å². The summed E-state index contributed by atoms with van der Waals surface area (Å²) in [5.74, 6) is -0.445. The minimum absolute atomic E-state index is 0.0119. The highest BCUT2D eigenvalue weighted by atomic mass is 19.4. The van der Waals surface area contributed by atoms with Gasteiger partial charge in [0.25, 0.3) is 0 Å². The van der Waals surface area contributed by atoms with Crippen LogP contribution in [0.2, 0.25) is 0 Å². The van der Waals surface area contributed by atoms with Gasteiger partial charge in [-0.25, -0.2) is 0 Å². The number of carbonyl (C=O) groups is 1. The van der Waals surface area contributed by atoms with E-state index in [-0.39, 0.29) is 30.6 Å². The Hall–Kier alpha value is -4.15. The van der Waals surface area contributed by atoms with Crippen molar-refractivity contribution in [1.29, 1.82) is 0 Å². The maximum atomic E-state index is 13.0. The molecule has 0 spiro atoms. The molecule has 0 aliphatic heterocycles. The van der Waals surface area contributed by atoms with Crippen LogP contribution in [-0.4, -0.2) is 16.0 Å². The van der Waals surface area contributed by atoms with Crippen LogP contribution < -0.4 is 5.32 Å². The Morgan fingerprint density at radius 2 is 1.33 bits per heavy atom. The summed E-state index contributed by atoms with van der Waals surface area (Å²) in [5.41, 5.74) is -0.973. The maximum absolute atomic E-state index is 13.0. The number of nitrogens with zero attached hydrogens (tertiary/aromatic N) is 2. The number of hydrogen-bond donors (Lipinski definition) is 1. The van der Waals surface area contributed by atoms with Crippen molar-refractivity contribution in [2.75, 3.05) is 5.32 Å². The molecule has 3 aromatic carbocycles. The summed E-state index contributed by atoms with van der Waals surface area (Å²) in [6.07, 6.45) is -10.4. The van der Waals surface area contributed by atoms with Gasteiger partial charge in [-0.15, -0.1) is 0 Å². The quantitative estimate of drug-likeness (QED) is 0.286. The lowest BCUT2D eigenvalue weighted by atomic mass is 10.0. The Bertz CT molecular complexity index is 1310.